The molecule has 0 fully saturated rings. The van der Waals surface area contributed by atoms with Gasteiger partial charge in [-0.2, -0.15) is 0 Å². The zero-order chi connectivity index (χ0) is 14.4. The lowest BCUT2D eigenvalue weighted by Crippen LogP contribution is -2.49. The molecule has 0 saturated carbocycles. The number of carboxylic acids is 1. The van der Waals surface area contributed by atoms with Gasteiger partial charge in [-0.1, -0.05) is 19.1 Å². The Morgan fingerprint density at radius 3 is 2.58 bits per heavy atom. The molecule has 0 aliphatic heterocycles. The number of aryl methyl sites for hydroxylation is 1. The molecule has 2 amide bonds. The summed E-state index contributed by atoms with van der Waals surface area (Å²) in [5, 5.41) is 22.8. The number of urea groups is 1. The smallest absolute Gasteiger partial charge is 0.328 e. The van der Waals surface area contributed by atoms with Gasteiger partial charge in [0.2, 0.25) is 0 Å². The number of aliphatic hydroxyl groups is 1. The van der Waals surface area contributed by atoms with Crippen LogP contribution in [0.5, 0.6) is 0 Å². The fourth-order valence-corrected chi connectivity index (χ4v) is 1.57. The maximum absolute atomic E-state index is 11.6. The summed E-state index contributed by atoms with van der Waals surface area (Å²) in [6.45, 7) is 3.30. The number of hydrogen-bond donors (Lipinski definition) is 4. The van der Waals surface area contributed by atoms with Crippen molar-refractivity contribution < 1.29 is 19.8 Å². The lowest BCUT2D eigenvalue weighted by molar-refractivity contribution is -0.141. The van der Waals surface area contributed by atoms with Gasteiger partial charge in [-0.05, 0) is 31.0 Å². The highest BCUT2D eigenvalue weighted by Gasteiger charge is 2.24. The Balaban J connectivity index is 2.66. The van der Waals surface area contributed by atoms with Gasteiger partial charge >= 0.3 is 12.0 Å². The molecule has 4 N–H and O–H groups in total. The molecule has 0 bridgehead atoms. The van der Waals surface area contributed by atoms with Crippen molar-refractivity contribution in [3.05, 3.63) is 29.8 Å². The summed E-state index contributed by atoms with van der Waals surface area (Å²) in [6.07, 6.45) is -0.340. The first-order valence-electron chi connectivity index (χ1n) is 6.01. The van der Waals surface area contributed by atoms with Crippen molar-refractivity contribution >= 4 is 17.7 Å². The van der Waals surface area contributed by atoms with E-state index in [0.29, 0.717) is 5.69 Å². The standard InChI is InChI=1S/C13H18N2O4/c1-3-9-5-4-6-10(7-9)14-13(19)15-11(8(2)16)12(17)18/h4-8,11,16H,3H2,1-2H3,(H,17,18)(H2,14,15,19). The van der Waals surface area contributed by atoms with E-state index in [-0.39, 0.29) is 0 Å². The van der Waals surface area contributed by atoms with Crippen LogP contribution in [0.25, 0.3) is 0 Å². The second kappa shape index (κ2) is 6.75. The van der Waals surface area contributed by atoms with Crippen LogP contribution in [0.4, 0.5) is 10.5 Å². The van der Waals surface area contributed by atoms with Crippen LogP contribution >= 0.6 is 0 Å². The van der Waals surface area contributed by atoms with Gasteiger partial charge in [0.05, 0.1) is 6.10 Å². The number of aliphatic hydroxyl groups excluding tert-OH is 1. The van der Waals surface area contributed by atoms with E-state index < -0.39 is 24.1 Å². The quantitative estimate of drug-likeness (QED) is 0.643. The third kappa shape index (κ3) is 4.59. The van der Waals surface area contributed by atoms with Crippen LogP contribution in [0.2, 0.25) is 0 Å². The number of benzene rings is 1. The average molecular weight is 266 g/mol. The molecule has 1 aromatic rings. The van der Waals surface area contributed by atoms with E-state index in [2.05, 4.69) is 10.6 Å². The maximum atomic E-state index is 11.6. The third-order valence-electron chi connectivity index (χ3n) is 2.63. The Labute approximate surface area is 111 Å². The summed E-state index contributed by atoms with van der Waals surface area (Å²) in [5.74, 6) is -1.28. The van der Waals surface area contributed by atoms with Gasteiger partial charge in [0, 0.05) is 5.69 Å². The zero-order valence-corrected chi connectivity index (χ0v) is 10.9. The number of aliphatic carboxylic acids is 1. The number of carbonyl (C=O) groups excluding carboxylic acids is 1. The van der Waals surface area contributed by atoms with E-state index in [4.69, 9.17) is 5.11 Å². The topological polar surface area (TPSA) is 98.7 Å². The van der Waals surface area contributed by atoms with Gasteiger partial charge in [0.25, 0.3) is 0 Å². The number of carbonyl (C=O) groups is 2. The monoisotopic (exact) mass is 266 g/mol. The number of amides is 2. The van der Waals surface area contributed by atoms with Crippen LogP contribution in [-0.2, 0) is 11.2 Å². The van der Waals surface area contributed by atoms with Gasteiger partial charge in [-0.25, -0.2) is 9.59 Å². The normalized spacial score (nSPS) is 13.4. The highest BCUT2D eigenvalue weighted by molar-refractivity contribution is 5.92. The van der Waals surface area contributed by atoms with Crippen molar-refractivity contribution in [2.45, 2.75) is 32.4 Å². The predicted molar refractivity (Wildman–Crippen MR) is 71.1 cm³/mol. The van der Waals surface area contributed by atoms with E-state index in [1.165, 1.54) is 6.92 Å². The molecule has 104 valence electrons. The second-order valence-corrected chi connectivity index (χ2v) is 4.21. The van der Waals surface area contributed by atoms with E-state index in [9.17, 15) is 14.7 Å². The van der Waals surface area contributed by atoms with Crippen molar-refractivity contribution in [1.82, 2.24) is 5.32 Å². The molecular formula is C13H18N2O4. The summed E-state index contributed by atoms with van der Waals surface area (Å²) in [6, 6.07) is 5.24. The molecule has 0 heterocycles. The third-order valence-corrected chi connectivity index (χ3v) is 2.63. The van der Waals surface area contributed by atoms with Crippen molar-refractivity contribution in [1.29, 1.82) is 0 Å². The molecule has 6 heteroatoms. The molecule has 6 nitrogen and oxygen atoms in total. The number of hydrogen-bond acceptors (Lipinski definition) is 3. The van der Waals surface area contributed by atoms with Crippen molar-refractivity contribution in [3.8, 4) is 0 Å². The first-order valence-corrected chi connectivity index (χ1v) is 6.01. The molecular weight excluding hydrogens is 248 g/mol. The summed E-state index contributed by atoms with van der Waals surface area (Å²) in [4.78, 5) is 22.5. The first kappa shape index (κ1) is 15.0. The Hall–Kier alpha value is -2.08. The molecule has 0 spiro atoms. The lowest BCUT2D eigenvalue weighted by Gasteiger charge is -2.17. The van der Waals surface area contributed by atoms with E-state index in [0.717, 1.165) is 12.0 Å². The molecule has 0 aliphatic carbocycles. The molecule has 19 heavy (non-hydrogen) atoms. The predicted octanol–water partition coefficient (Wildman–Crippen LogP) is 1.20. The minimum atomic E-state index is -1.34. The number of anilines is 1. The van der Waals surface area contributed by atoms with Crippen LogP contribution < -0.4 is 10.6 Å². The molecule has 2 atom stereocenters. The molecule has 0 aliphatic rings. The molecule has 2 unspecified atom stereocenters. The zero-order valence-electron chi connectivity index (χ0n) is 10.9. The first-order chi connectivity index (χ1) is 8.93. The lowest BCUT2D eigenvalue weighted by atomic mass is 10.1. The fourth-order valence-electron chi connectivity index (χ4n) is 1.57. The van der Waals surface area contributed by atoms with Crippen LogP contribution in [0.3, 0.4) is 0 Å². The van der Waals surface area contributed by atoms with Crippen molar-refractivity contribution in [2.24, 2.45) is 0 Å². The Morgan fingerprint density at radius 2 is 2.05 bits per heavy atom. The van der Waals surface area contributed by atoms with Crippen LogP contribution in [0.1, 0.15) is 19.4 Å². The van der Waals surface area contributed by atoms with E-state index >= 15 is 0 Å². The highest BCUT2D eigenvalue weighted by Crippen LogP contribution is 2.11. The van der Waals surface area contributed by atoms with Gasteiger partial charge in [0.1, 0.15) is 0 Å². The highest BCUT2D eigenvalue weighted by atomic mass is 16.4. The van der Waals surface area contributed by atoms with E-state index in [1.54, 1.807) is 18.2 Å². The number of rotatable bonds is 5. The Kier molecular flexibility index (Phi) is 5.32. The summed E-state index contributed by atoms with van der Waals surface area (Å²) < 4.78 is 0. The molecule has 0 saturated heterocycles. The van der Waals surface area contributed by atoms with Gasteiger partial charge in [-0.15, -0.1) is 0 Å². The largest absolute Gasteiger partial charge is 0.480 e. The Morgan fingerprint density at radius 1 is 1.37 bits per heavy atom. The summed E-state index contributed by atoms with van der Waals surface area (Å²) >= 11 is 0. The number of nitrogens with one attached hydrogen (secondary N) is 2. The van der Waals surface area contributed by atoms with Gasteiger partial charge in [-0.3, -0.25) is 0 Å². The maximum Gasteiger partial charge on any atom is 0.328 e. The molecule has 1 aromatic carbocycles. The van der Waals surface area contributed by atoms with Crippen LogP contribution in [-0.4, -0.2) is 34.4 Å². The van der Waals surface area contributed by atoms with Gasteiger partial charge < -0.3 is 20.8 Å². The molecule has 0 aromatic heterocycles. The fraction of sp³-hybridized carbons (Fsp3) is 0.385. The van der Waals surface area contributed by atoms with E-state index in [1.807, 2.05) is 13.0 Å². The van der Waals surface area contributed by atoms with Crippen molar-refractivity contribution in [2.75, 3.05) is 5.32 Å². The van der Waals surface area contributed by atoms with Crippen LogP contribution in [0.15, 0.2) is 24.3 Å². The minimum Gasteiger partial charge on any atom is -0.480 e. The van der Waals surface area contributed by atoms with Gasteiger partial charge in [0.15, 0.2) is 6.04 Å². The Bertz CT molecular complexity index is 460. The number of carboxylic acid groups (broad SMARTS) is 1. The second-order valence-electron chi connectivity index (χ2n) is 4.21. The summed E-state index contributed by atoms with van der Waals surface area (Å²) in [5.41, 5.74) is 1.63. The van der Waals surface area contributed by atoms with Crippen LogP contribution in [0, 0.1) is 0 Å². The average Bonchev–Trinajstić information content (AvgIpc) is 2.35. The SMILES string of the molecule is CCc1cccc(NC(=O)NC(C(=O)O)C(C)O)c1. The molecule has 1 rings (SSSR count). The summed E-state index contributed by atoms with van der Waals surface area (Å²) in [7, 11) is 0. The molecule has 0 radical (unpaired) electrons. The van der Waals surface area contributed by atoms with Crippen molar-refractivity contribution in [3.63, 3.8) is 0 Å². The minimum absolute atomic E-state index is 0.576.